The fourth-order valence-corrected chi connectivity index (χ4v) is 2.69. The minimum atomic E-state index is -1.03. The number of hydrogen-bond donors (Lipinski definition) is 1. The Morgan fingerprint density at radius 2 is 2.00 bits per heavy atom. The molecule has 82 valence electrons. The van der Waals surface area contributed by atoms with Crippen LogP contribution in [0.2, 0.25) is 0 Å². The van der Waals surface area contributed by atoms with Gasteiger partial charge in [-0.3, -0.25) is 0 Å². The number of halogens is 1. The monoisotopic (exact) mass is 289 g/mol. The highest BCUT2D eigenvalue weighted by atomic mass is 79.9. The highest BCUT2D eigenvalue weighted by molar-refractivity contribution is 9.10. The number of rotatable bonds is 3. The largest absolute Gasteiger partial charge is 0.377 e. The summed E-state index contributed by atoms with van der Waals surface area (Å²) in [5, 5.41) is 0. The molecule has 1 heterocycles. The lowest BCUT2D eigenvalue weighted by Gasteiger charge is -2.41. The van der Waals surface area contributed by atoms with E-state index < -0.39 is 11.0 Å². The Hall–Kier alpha value is -0.230. The van der Waals surface area contributed by atoms with E-state index in [1.54, 1.807) is 6.26 Å². The Morgan fingerprint density at radius 3 is 2.40 bits per heavy atom. The molecular weight excluding hydrogens is 278 g/mol. The predicted molar refractivity (Wildman–Crippen MR) is 63.8 cm³/mol. The first-order chi connectivity index (χ1) is 7.12. The molecule has 0 aromatic heterocycles. The first-order valence-corrected chi connectivity index (χ1v) is 6.92. The average Bonchev–Trinajstić information content (AvgIpc) is 2.13. The van der Waals surface area contributed by atoms with Crippen LogP contribution in [0, 0.1) is 0 Å². The van der Waals surface area contributed by atoms with E-state index in [1.807, 2.05) is 24.3 Å². The van der Waals surface area contributed by atoms with E-state index >= 15 is 0 Å². The molecule has 0 aliphatic carbocycles. The van der Waals surface area contributed by atoms with E-state index in [0.29, 0.717) is 13.2 Å². The van der Waals surface area contributed by atoms with Crippen molar-refractivity contribution >= 4 is 26.9 Å². The van der Waals surface area contributed by atoms with Gasteiger partial charge in [-0.2, -0.15) is 0 Å². The molecule has 2 rings (SSSR count). The van der Waals surface area contributed by atoms with Crippen molar-refractivity contribution in [1.29, 1.82) is 0 Å². The SMILES string of the molecule is CS(=O)NC1(c2ccc(Br)cc2)COC1. The molecular formula is C10H12BrNO2S. The Morgan fingerprint density at radius 1 is 1.40 bits per heavy atom. The molecule has 1 unspecified atom stereocenters. The molecule has 0 saturated carbocycles. The van der Waals surface area contributed by atoms with Gasteiger partial charge in [0.1, 0.15) is 5.54 Å². The molecule has 1 saturated heterocycles. The van der Waals surface area contributed by atoms with Gasteiger partial charge in [-0.1, -0.05) is 28.1 Å². The molecule has 0 bridgehead atoms. The van der Waals surface area contributed by atoms with Crippen LogP contribution in [0.1, 0.15) is 5.56 Å². The standard InChI is InChI=1S/C10H12BrNO2S/c1-15(13)12-10(6-14-7-10)8-2-4-9(11)5-3-8/h2-5,12H,6-7H2,1H3. The van der Waals surface area contributed by atoms with E-state index in [4.69, 9.17) is 4.74 Å². The van der Waals surface area contributed by atoms with Gasteiger partial charge in [0, 0.05) is 10.7 Å². The number of nitrogens with one attached hydrogen (secondary N) is 1. The van der Waals surface area contributed by atoms with Crippen LogP contribution in [-0.4, -0.2) is 23.7 Å². The fraction of sp³-hybridized carbons (Fsp3) is 0.400. The Bertz CT molecular complexity index is 376. The summed E-state index contributed by atoms with van der Waals surface area (Å²) in [6.07, 6.45) is 1.64. The summed E-state index contributed by atoms with van der Waals surface area (Å²) < 4.78 is 20.5. The molecule has 1 fully saturated rings. The molecule has 15 heavy (non-hydrogen) atoms. The van der Waals surface area contributed by atoms with Crippen LogP contribution in [0.4, 0.5) is 0 Å². The normalized spacial score (nSPS) is 20.7. The lowest BCUT2D eigenvalue weighted by Crippen LogP contribution is -2.57. The van der Waals surface area contributed by atoms with Crippen molar-refractivity contribution in [2.24, 2.45) is 0 Å². The van der Waals surface area contributed by atoms with E-state index in [-0.39, 0.29) is 5.54 Å². The maximum absolute atomic E-state index is 11.2. The van der Waals surface area contributed by atoms with Gasteiger partial charge >= 0.3 is 0 Å². The van der Waals surface area contributed by atoms with Crippen LogP contribution < -0.4 is 4.72 Å². The second-order valence-electron chi connectivity index (χ2n) is 3.64. The van der Waals surface area contributed by atoms with E-state index in [9.17, 15) is 4.21 Å². The zero-order valence-corrected chi connectivity index (χ0v) is 10.7. The lowest BCUT2D eigenvalue weighted by atomic mass is 9.89. The quantitative estimate of drug-likeness (QED) is 0.917. The first-order valence-electron chi connectivity index (χ1n) is 4.57. The summed E-state index contributed by atoms with van der Waals surface area (Å²) >= 11 is 3.39. The van der Waals surface area contributed by atoms with Gasteiger partial charge in [-0.25, -0.2) is 8.93 Å². The average molecular weight is 290 g/mol. The van der Waals surface area contributed by atoms with Crippen molar-refractivity contribution < 1.29 is 8.95 Å². The summed E-state index contributed by atoms with van der Waals surface area (Å²) in [6.45, 7) is 1.16. The van der Waals surface area contributed by atoms with Gasteiger partial charge in [0.05, 0.1) is 24.2 Å². The van der Waals surface area contributed by atoms with Gasteiger partial charge in [0.2, 0.25) is 0 Å². The first kappa shape index (κ1) is 11.3. The van der Waals surface area contributed by atoms with Crippen LogP contribution in [0.15, 0.2) is 28.7 Å². The van der Waals surface area contributed by atoms with Crippen LogP contribution in [0.25, 0.3) is 0 Å². The Kier molecular flexibility index (Phi) is 3.25. The topological polar surface area (TPSA) is 38.3 Å². The van der Waals surface area contributed by atoms with Gasteiger partial charge in [0.15, 0.2) is 0 Å². The van der Waals surface area contributed by atoms with Crippen LogP contribution in [-0.2, 0) is 21.3 Å². The van der Waals surface area contributed by atoms with Crippen molar-refractivity contribution in [3.05, 3.63) is 34.3 Å². The summed E-state index contributed by atoms with van der Waals surface area (Å²) in [7, 11) is -1.03. The highest BCUT2D eigenvalue weighted by Crippen LogP contribution is 2.30. The molecule has 5 heteroatoms. The smallest absolute Gasteiger partial charge is 0.102 e. The molecule has 1 aromatic rings. The van der Waals surface area contributed by atoms with Crippen LogP contribution >= 0.6 is 15.9 Å². The third-order valence-corrected chi connectivity index (χ3v) is 3.64. The molecule has 0 spiro atoms. The minimum absolute atomic E-state index is 0.264. The van der Waals surface area contributed by atoms with Crippen molar-refractivity contribution in [2.45, 2.75) is 5.54 Å². The maximum atomic E-state index is 11.2. The third-order valence-electron chi connectivity index (χ3n) is 2.43. The van der Waals surface area contributed by atoms with E-state index in [1.165, 1.54) is 0 Å². The second-order valence-corrected chi connectivity index (χ2v) is 5.67. The summed E-state index contributed by atoms with van der Waals surface area (Å²) in [6, 6.07) is 8.00. The zero-order valence-electron chi connectivity index (χ0n) is 8.33. The lowest BCUT2D eigenvalue weighted by molar-refractivity contribution is -0.0657. The van der Waals surface area contributed by atoms with E-state index in [2.05, 4.69) is 20.7 Å². The molecule has 3 nitrogen and oxygen atoms in total. The van der Waals surface area contributed by atoms with Gasteiger partial charge in [0.25, 0.3) is 0 Å². The van der Waals surface area contributed by atoms with Crippen molar-refractivity contribution in [2.75, 3.05) is 19.5 Å². The maximum Gasteiger partial charge on any atom is 0.102 e. The van der Waals surface area contributed by atoms with Crippen molar-refractivity contribution in [3.8, 4) is 0 Å². The molecule has 0 amide bonds. The fourth-order valence-electron chi connectivity index (χ4n) is 1.63. The molecule has 1 atom stereocenters. The molecule has 0 radical (unpaired) electrons. The van der Waals surface area contributed by atoms with E-state index in [0.717, 1.165) is 10.0 Å². The minimum Gasteiger partial charge on any atom is -0.377 e. The van der Waals surface area contributed by atoms with Gasteiger partial charge in [-0.15, -0.1) is 0 Å². The van der Waals surface area contributed by atoms with Crippen molar-refractivity contribution in [1.82, 2.24) is 4.72 Å². The third kappa shape index (κ3) is 2.30. The molecule has 1 aromatic carbocycles. The molecule has 1 aliphatic rings. The highest BCUT2D eigenvalue weighted by Gasteiger charge is 2.41. The molecule has 1 aliphatic heterocycles. The van der Waals surface area contributed by atoms with Gasteiger partial charge in [-0.05, 0) is 17.7 Å². The Labute approximate surface area is 99.9 Å². The summed E-state index contributed by atoms with van der Waals surface area (Å²) in [4.78, 5) is 0. The van der Waals surface area contributed by atoms with Crippen LogP contribution in [0.5, 0.6) is 0 Å². The van der Waals surface area contributed by atoms with Gasteiger partial charge < -0.3 is 4.74 Å². The number of benzene rings is 1. The number of hydrogen-bond acceptors (Lipinski definition) is 2. The number of ether oxygens (including phenoxy) is 1. The van der Waals surface area contributed by atoms with Crippen molar-refractivity contribution in [3.63, 3.8) is 0 Å². The Balaban J connectivity index is 2.26. The van der Waals surface area contributed by atoms with Crippen LogP contribution in [0.3, 0.4) is 0 Å². The summed E-state index contributed by atoms with van der Waals surface area (Å²) in [5.41, 5.74) is 0.854. The molecule has 1 N–H and O–H groups in total. The second kappa shape index (κ2) is 4.33. The summed E-state index contributed by atoms with van der Waals surface area (Å²) in [5.74, 6) is 0. The zero-order chi connectivity index (χ0) is 10.9. The predicted octanol–water partition coefficient (Wildman–Crippen LogP) is 1.56.